The number of nitrogens with zero attached hydrogens (tertiary/aromatic N) is 1. The summed E-state index contributed by atoms with van der Waals surface area (Å²) in [4.78, 5) is 40.3. The minimum absolute atomic E-state index is 0.232. The molecule has 8 heteroatoms. The van der Waals surface area contributed by atoms with Gasteiger partial charge in [-0.3, -0.25) is 9.59 Å². The van der Waals surface area contributed by atoms with Crippen LogP contribution >= 0.6 is 23.4 Å². The minimum atomic E-state index is -1.44. The fraction of sp³-hybridized carbons (Fsp3) is 0.345. The number of ether oxygens (including phenoxy) is 1. The van der Waals surface area contributed by atoms with E-state index >= 15 is 0 Å². The van der Waals surface area contributed by atoms with Gasteiger partial charge in [-0.1, -0.05) is 74.8 Å². The molecule has 0 saturated heterocycles. The molecule has 0 bridgehead atoms. The summed E-state index contributed by atoms with van der Waals surface area (Å²) < 4.78 is 4.81. The highest BCUT2D eigenvalue weighted by Crippen LogP contribution is 2.49. The Kier molecular flexibility index (Phi) is 7.97. The number of halogens is 1. The molecular weight excluding hydrogens is 510 g/mol. The van der Waals surface area contributed by atoms with Crippen molar-refractivity contribution in [3.8, 4) is 0 Å². The number of thioether (sulfide) groups is 1. The Balaban J connectivity index is 1.86. The van der Waals surface area contributed by atoms with Gasteiger partial charge in [-0.15, -0.1) is 11.8 Å². The lowest BCUT2D eigenvalue weighted by molar-refractivity contribution is -0.165. The Morgan fingerprint density at radius 2 is 1.78 bits per heavy atom. The summed E-state index contributed by atoms with van der Waals surface area (Å²) in [6, 6.07) is 19.6. The third-order valence-corrected chi connectivity index (χ3v) is 7.76. The lowest BCUT2D eigenvalue weighted by Crippen LogP contribution is -2.43. The number of anilines is 1. The van der Waals surface area contributed by atoms with Crippen LogP contribution in [0.25, 0.3) is 10.8 Å². The van der Waals surface area contributed by atoms with Crippen LogP contribution in [0.1, 0.15) is 50.5 Å². The molecular formula is C29H30ClNO5S. The molecule has 0 saturated carbocycles. The first-order valence-electron chi connectivity index (χ1n) is 12.1. The van der Waals surface area contributed by atoms with Gasteiger partial charge in [-0.2, -0.15) is 0 Å². The number of amides is 1. The number of benzene rings is 3. The molecule has 4 rings (SSSR count). The van der Waals surface area contributed by atoms with Crippen molar-refractivity contribution in [2.75, 3.05) is 11.4 Å². The lowest BCUT2D eigenvalue weighted by Gasteiger charge is -2.31. The largest absolute Gasteiger partial charge is 0.391 e. The van der Waals surface area contributed by atoms with Crippen LogP contribution in [0.3, 0.4) is 0 Å². The second kappa shape index (κ2) is 10.9. The molecule has 0 spiro atoms. The van der Waals surface area contributed by atoms with Gasteiger partial charge in [0.25, 0.3) is 0 Å². The summed E-state index contributed by atoms with van der Waals surface area (Å²) in [6.45, 7) is 7.77. The van der Waals surface area contributed by atoms with E-state index in [0.29, 0.717) is 11.6 Å². The second-order valence-corrected chi connectivity index (χ2v) is 12.2. The highest BCUT2D eigenvalue weighted by atomic mass is 35.5. The fourth-order valence-electron chi connectivity index (χ4n) is 4.45. The number of hydrogen-bond donors (Lipinski definition) is 1. The summed E-state index contributed by atoms with van der Waals surface area (Å²) in [7, 11) is 0. The van der Waals surface area contributed by atoms with Crippen LogP contribution in [-0.4, -0.2) is 40.9 Å². The average molecular weight is 540 g/mol. The van der Waals surface area contributed by atoms with Crippen LogP contribution in [0.4, 0.5) is 5.69 Å². The molecule has 3 unspecified atom stereocenters. The van der Waals surface area contributed by atoms with Gasteiger partial charge in [0, 0.05) is 17.3 Å². The molecule has 0 radical (unpaired) electrons. The summed E-state index contributed by atoms with van der Waals surface area (Å²) in [5.41, 5.74) is 2.38. The zero-order valence-corrected chi connectivity index (χ0v) is 22.8. The third kappa shape index (κ3) is 6.17. The van der Waals surface area contributed by atoms with Crippen LogP contribution in [0.15, 0.2) is 60.7 Å². The Labute approximate surface area is 225 Å². The number of hydrogen-bond acceptors (Lipinski definition) is 6. The van der Waals surface area contributed by atoms with Crippen LogP contribution in [0.2, 0.25) is 5.02 Å². The first kappa shape index (κ1) is 27.2. The molecule has 3 aromatic carbocycles. The molecule has 6 nitrogen and oxygen atoms in total. The molecule has 3 aromatic rings. The van der Waals surface area contributed by atoms with Gasteiger partial charge in [-0.25, -0.2) is 4.79 Å². The highest BCUT2D eigenvalue weighted by molar-refractivity contribution is 8.01. The number of rotatable bonds is 5. The zero-order valence-electron chi connectivity index (χ0n) is 21.2. The third-order valence-electron chi connectivity index (χ3n) is 6.05. The van der Waals surface area contributed by atoms with Crippen molar-refractivity contribution >= 4 is 57.7 Å². The predicted molar refractivity (Wildman–Crippen MR) is 148 cm³/mol. The van der Waals surface area contributed by atoms with E-state index in [-0.39, 0.29) is 23.0 Å². The van der Waals surface area contributed by atoms with E-state index in [1.54, 1.807) is 11.0 Å². The molecule has 3 atom stereocenters. The van der Waals surface area contributed by atoms with Crippen molar-refractivity contribution in [2.24, 2.45) is 5.41 Å². The molecule has 37 heavy (non-hydrogen) atoms. The zero-order chi connectivity index (χ0) is 26.9. The second-order valence-electron chi connectivity index (χ2n) is 10.4. The summed E-state index contributed by atoms with van der Waals surface area (Å²) >= 11 is 7.83. The van der Waals surface area contributed by atoms with Crippen molar-refractivity contribution in [1.82, 2.24) is 0 Å². The number of esters is 2. The van der Waals surface area contributed by atoms with Crippen LogP contribution in [0.5, 0.6) is 0 Å². The van der Waals surface area contributed by atoms with E-state index in [4.69, 9.17) is 16.3 Å². The van der Waals surface area contributed by atoms with Gasteiger partial charge in [0.15, 0.2) is 0 Å². The van der Waals surface area contributed by atoms with Gasteiger partial charge in [0.1, 0.15) is 6.10 Å². The first-order valence-corrected chi connectivity index (χ1v) is 13.4. The average Bonchev–Trinajstić information content (AvgIpc) is 2.93. The smallest absolute Gasteiger partial charge is 0.342 e. The number of aliphatic hydroxyl groups is 1. The molecule has 0 aliphatic carbocycles. The van der Waals surface area contributed by atoms with Crippen molar-refractivity contribution in [2.45, 2.75) is 50.7 Å². The maximum absolute atomic E-state index is 14.0. The van der Waals surface area contributed by atoms with Crippen molar-refractivity contribution in [3.05, 3.63) is 76.8 Å². The summed E-state index contributed by atoms with van der Waals surface area (Å²) in [6.07, 6.45) is -1.75. The Morgan fingerprint density at radius 1 is 1.08 bits per heavy atom. The molecule has 1 N–H and O–H groups in total. The van der Waals surface area contributed by atoms with Gasteiger partial charge in [-0.05, 0) is 52.4 Å². The van der Waals surface area contributed by atoms with E-state index in [2.05, 4.69) is 0 Å². The number of aliphatic hydroxyl groups excluding tert-OH is 1. The monoisotopic (exact) mass is 539 g/mol. The quantitative estimate of drug-likeness (QED) is 0.320. The predicted octanol–water partition coefficient (Wildman–Crippen LogP) is 5.92. The highest BCUT2D eigenvalue weighted by Gasteiger charge is 2.39. The molecule has 1 aliphatic heterocycles. The molecule has 1 aliphatic rings. The van der Waals surface area contributed by atoms with Crippen LogP contribution in [-0.2, 0) is 19.1 Å². The van der Waals surface area contributed by atoms with Crippen LogP contribution in [0, 0.1) is 5.41 Å². The molecule has 1 amide bonds. The lowest BCUT2D eigenvalue weighted by atomic mass is 9.93. The Bertz CT molecular complexity index is 1340. The van der Waals surface area contributed by atoms with Gasteiger partial charge < -0.3 is 14.7 Å². The topological polar surface area (TPSA) is 83.9 Å². The minimum Gasteiger partial charge on any atom is -0.391 e. The summed E-state index contributed by atoms with van der Waals surface area (Å²) in [5.74, 6) is -2.14. The van der Waals surface area contributed by atoms with Gasteiger partial charge >= 0.3 is 11.9 Å². The van der Waals surface area contributed by atoms with E-state index in [1.807, 2.05) is 75.4 Å². The van der Waals surface area contributed by atoms with Crippen molar-refractivity contribution < 1.29 is 24.2 Å². The van der Waals surface area contributed by atoms with Gasteiger partial charge in [0.05, 0.1) is 16.9 Å². The maximum Gasteiger partial charge on any atom is 0.342 e. The van der Waals surface area contributed by atoms with Gasteiger partial charge in [0.2, 0.25) is 5.91 Å². The number of carbonyl (C=O) groups is 3. The summed E-state index contributed by atoms with van der Waals surface area (Å²) in [5, 5.41) is 11.0. The van der Waals surface area contributed by atoms with Crippen LogP contribution < -0.4 is 4.90 Å². The van der Waals surface area contributed by atoms with E-state index in [0.717, 1.165) is 27.6 Å². The molecule has 0 aromatic heterocycles. The molecule has 194 valence electrons. The van der Waals surface area contributed by atoms with Crippen molar-refractivity contribution in [3.63, 3.8) is 0 Å². The van der Waals surface area contributed by atoms with Crippen molar-refractivity contribution in [1.29, 1.82) is 0 Å². The molecule has 1 heterocycles. The Hall–Kier alpha value is -2.87. The standard InChI is InChI=1S/C29H30ClNO5S/c1-17(32)28(35)36-25(33)15-24-27(34)31(16-29(2,3)4)23-13-12-19(30)14-22(23)26(37-24)21-11-7-9-18-8-5-6-10-20(18)21/h5-14,17,24,26,32H,15-16H2,1-4H3. The molecule has 0 fully saturated rings. The first-order chi connectivity index (χ1) is 17.4. The fourth-order valence-corrected chi connectivity index (χ4v) is 6.13. The van der Waals surface area contributed by atoms with E-state index < -0.39 is 23.3 Å². The normalized spacial score (nSPS) is 18.8. The Morgan fingerprint density at radius 3 is 2.49 bits per heavy atom. The van der Waals surface area contributed by atoms with E-state index in [9.17, 15) is 19.5 Å². The number of fused-ring (bicyclic) bond motifs is 2. The maximum atomic E-state index is 14.0. The number of carbonyl (C=O) groups excluding carboxylic acids is 3. The SMILES string of the molecule is CC(O)C(=O)OC(=O)CC1SC(c2cccc3ccccc23)c2cc(Cl)ccc2N(CC(C)(C)C)C1=O. The van der Waals surface area contributed by atoms with E-state index in [1.165, 1.54) is 18.7 Å².